The van der Waals surface area contributed by atoms with Crippen LogP contribution in [0.25, 0.3) is 0 Å². The molecule has 0 bridgehead atoms. The van der Waals surface area contributed by atoms with E-state index in [0.717, 1.165) is 12.7 Å². The topological polar surface area (TPSA) is 114 Å². The van der Waals surface area contributed by atoms with Crippen molar-refractivity contribution in [2.75, 3.05) is 24.7 Å². The second-order valence-electron chi connectivity index (χ2n) is 7.73. The lowest BCUT2D eigenvalue weighted by atomic mass is 9.88. The lowest BCUT2D eigenvalue weighted by Crippen LogP contribution is -2.34. The summed E-state index contributed by atoms with van der Waals surface area (Å²) < 4.78 is 29.3. The predicted molar refractivity (Wildman–Crippen MR) is 121 cm³/mol. The number of anilines is 1. The van der Waals surface area contributed by atoms with Gasteiger partial charge in [0.05, 0.1) is 24.0 Å². The van der Waals surface area contributed by atoms with Crippen molar-refractivity contribution in [2.24, 2.45) is 5.92 Å². The molecule has 1 amide bonds. The Kier molecular flexibility index (Phi) is 7.86. The Bertz CT molecular complexity index is 1110. The van der Waals surface area contributed by atoms with Crippen LogP contribution in [-0.2, 0) is 19.4 Å². The molecule has 32 heavy (non-hydrogen) atoms. The van der Waals surface area contributed by atoms with Gasteiger partial charge in [0.1, 0.15) is 0 Å². The molecule has 2 atom stereocenters. The van der Waals surface area contributed by atoms with Crippen LogP contribution in [0.3, 0.4) is 0 Å². The van der Waals surface area contributed by atoms with Crippen LogP contribution in [-0.4, -0.2) is 44.7 Å². The summed E-state index contributed by atoms with van der Waals surface area (Å²) in [6.45, 7) is 2.71. The summed E-state index contributed by atoms with van der Waals surface area (Å²) in [5.41, 5.74) is 1.18. The van der Waals surface area contributed by atoms with E-state index in [1.54, 1.807) is 31.2 Å². The fourth-order valence-corrected chi connectivity index (χ4v) is 4.47. The molecule has 1 saturated heterocycles. The second-order valence-corrected chi connectivity index (χ2v) is 10.1. The Morgan fingerprint density at radius 2 is 2.06 bits per heavy atom. The number of halogens is 1. The van der Waals surface area contributed by atoms with Crippen molar-refractivity contribution in [3.8, 4) is 0 Å². The number of nitrogens with zero attached hydrogens (tertiary/aromatic N) is 1. The minimum absolute atomic E-state index is 0.0560. The first-order valence-electron chi connectivity index (χ1n) is 10.3. The SMILES string of the molecule is CCOC(=O)CC1CCNC(c2nc(S(C)(=O)=O)ccc2NC(=O)c2cccc(Cl)c2)C1. The number of nitrogens with one attached hydrogen (secondary N) is 2. The zero-order valence-electron chi connectivity index (χ0n) is 17.9. The molecule has 2 heterocycles. The number of carbonyl (C=O) groups is 2. The summed E-state index contributed by atoms with van der Waals surface area (Å²) in [5.74, 6) is -0.590. The lowest BCUT2D eigenvalue weighted by molar-refractivity contribution is -0.144. The number of rotatable bonds is 7. The van der Waals surface area contributed by atoms with Crippen LogP contribution in [0.15, 0.2) is 41.4 Å². The quantitative estimate of drug-likeness (QED) is 0.585. The van der Waals surface area contributed by atoms with Crippen molar-refractivity contribution in [1.29, 1.82) is 0 Å². The fraction of sp³-hybridized carbons (Fsp3) is 0.409. The van der Waals surface area contributed by atoms with Gasteiger partial charge in [-0.3, -0.25) is 9.59 Å². The van der Waals surface area contributed by atoms with Gasteiger partial charge in [0.2, 0.25) is 0 Å². The number of piperidine rings is 1. The molecule has 1 aliphatic heterocycles. The van der Waals surface area contributed by atoms with Crippen LogP contribution in [0.4, 0.5) is 5.69 Å². The van der Waals surface area contributed by atoms with Gasteiger partial charge in [-0.15, -0.1) is 0 Å². The summed E-state index contributed by atoms with van der Waals surface area (Å²) in [5, 5.41) is 6.50. The number of benzene rings is 1. The van der Waals surface area contributed by atoms with Crippen molar-refractivity contribution >= 4 is 39.0 Å². The summed E-state index contributed by atoms with van der Waals surface area (Å²) in [6.07, 6.45) is 2.70. The van der Waals surface area contributed by atoms with E-state index < -0.39 is 9.84 Å². The van der Waals surface area contributed by atoms with Gasteiger partial charge in [-0.2, -0.15) is 0 Å². The third-order valence-corrected chi connectivity index (χ3v) is 6.44. The highest BCUT2D eigenvalue weighted by molar-refractivity contribution is 7.90. The van der Waals surface area contributed by atoms with Gasteiger partial charge in [0, 0.05) is 23.3 Å². The smallest absolute Gasteiger partial charge is 0.306 e. The Hall–Kier alpha value is -2.49. The largest absolute Gasteiger partial charge is 0.466 e. The van der Waals surface area contributed by atoms with E-state index in [-0.39, 0.29) is 35.3 Å². The number of sulfone groups is 1. The first kappa shape index (κ1) is 24.2. The minimum Gasteiger partial charge on any atom is -0.466 e. The number of hydrogen-bond acceptors (Lipinski definition) is 7. The predicted octanol–water partition coefficient (Wildman–Crippen LogP) is 3.38. The summed E-state index contributed by atoms with van der Waals surface area (Å²) in [4.78, 5) is 29.1. The molecule has 1 fully saturated rings. The third-order valence-electron chi connectivity index (χ3n) is 5.22. The molecule has 2 N–H and O–H groups in total. The zero-order valence-corrected chi connectivity index (χ0v) is 19.5. The van der Waals surface area contributed by atoms with Crippen molar-refractivity contribution < 1.29 is 22.7 Å². The molecule has 2 aromatic rings. The van der Waals surface area contributed by atoms with Crippen molar-refractivity contribution in [3.05, 3.63) is 52.7 Å². The molecule has 3 rings (SSSR count). The highest BCUT2D eigenvalue weighted by atomic mass is 35.5. The van der Waals surface area contributed by atoms with Crippen LogP contribution < -0.4 is 10.6 Å². The maximum absolute atomic E-state index is 12.8. The van der Waals surface area contributed by atoms with Crippen LogP contribution >= 0.6 is 11.6 Å². The molecule has 2 unspecified atom stereocenters. The Morgan fingerprint density at radius 1 is 1.28 bits per heavy atom. The van der Waals surface area contributed by atoms with Crippen molar-refractivity contribution in [2.45, 2.75) is 37.3 Å². The number of pyridine rings is 1. The Balaban J connectivity index is 1.89. The average Bonchev–Trinajstić information content (AvgIpc) is 2.73. The van der Waals surface area contributed by atoms with E-state index in [1.807, 2.05) is 0 Å². The highest BCUT2D eigenvalue weighted by Crippen LogP contribution is 2.33. The summed E-state index contributed by atoms with van der Waals surface area (Å²) in [7, 11) is -3.55. The fourth-order valence-electron chi connectivity index (χ4n) is 3.70. The number of amides is 1. The minimum atomic E-state index is -3.55. The molecule has 0 spiro atoms. The average molecular weight is 480 g/mol. The summed E-state index contributed by atoms with van der Waals surface area (Å²) >= 11 is 5.99. The highest BCUT2D eigenvalue weighted by Gasteiger charge is 2.29. The number of ether oxygens (including phenoxy) is 1. The molecule has 0 aliphatic carbocycles. The molecule has 1 aromatic carbocycles. The van der Waals surface area contributed by atoms with Crippen LogP contribution in [0.5, 0.6) is 0 Å². The van der Waals surface area contributed by atoms with Crippen LogP contribution in [0.1, 0.15) is 48.3 Å². The van der Waals surface area contributed by atoms with Crippen molar-refractivity contribution in [1.82, 2.24) is 10.3 Å². The van der Waals surface area contributed by atoms with E-state index in [9.17, 15) is 18.0 Å². The molecule has 1 aliphatic rings. The maximum atomic E-state index is 12.8. The molecular formula is C22H26ClN3O5S. The lowest BCUT2D eigenvalue weighted by Gasteiger charge is -2.30. The molecule has 10 heteroatoms. The normalized spacial score (nSPS) is 18.7. The van der Waals surface area contributed by atoms with Crippen molar-refractivity contribution in [3.63, 3.8) is 0 Å². The first-order chi connectivity index (χ1) is 15.2. The molecule has 0 saturated carbocycles. The molecule has 172 valence electrons. The van der Waals surface area contributed by atoms with Gasteiger partial charge in [0.25, 0.3) is 5.91 Å². The van der Waals surface area contributed by atoms with Gasteiger partial charge in [0.15, 0.2) is 14.9 Å². The molecular weight excluding hydrogens is 454 g/mol. The van der Waals surface area contributed by atoms with E-state index in [2.05, 4.69) is 15.6 Å². The van der Waals surface area contributed by atoms with Gasteiger partial charge < -0.3 is 15.4 Å². The first-order valence-corrected chi connectivity index (χ1v) is 12.6. The van der Waals surface area contributed by atoms with Gasteiger partial charge in [-0.25, -0.2) is 13.4 Å². The zero-order chi connectivity index (χ0) is 23.3. The maximum Gasteiger partial charge on any atom is 0.306 e. The van der Waals surface area contributed by atoms with Crippen LogP contribution in [0.2, 0.25) is 5.02 Å². The van der Waals surface area contributed by atoms with Gasteiger partial charge in [-0.1, -0.05) is 17.7 Å². The van der Waals surface area contributed by atoms with Crippen LogP contribution in [0, 0.1) is 5.92 Å². The summed E-state index contributed by atoms with van der Waals surface area (Å²) in [6, 6.07) is 9.09. The molecule has 1 aromatic heterocycles. The van der Waals surface area contributed by atoms with E-state index in [4.69, 9.17) is 16.3 Å². The van der Waals surface area contributed by atoms with E-state index >= 15 is 0 Å². The standard InChI is InChI=1S/C22H26ClN3O5S/c1-3-31-20(27)12-14-9-10-24-18(11-14)21-17(7-8-19(26-21)32(2,29)30)25-22(28)15-5-4-6-16(23)13-15/h4-8,13-14,18,24H,3,9-12H2,1-2H3,(H,25,28). The van der Waals surface area contributed by atoms with E-state index in [0.29, 0.717) is 41.5 Å². The Labute approximate surface area is 192 Å². The number of aromatic nitrogens is 1. The van der Waals surface area contributed by atoms with Gasteiger partial charge >= 0.3 is 5.97 Å². The van der Waals surface area contributed by atoms with Gasteiger partial charge in [-0.05, 0) is 62.6 Å². The van der Waals surface area contributed by atoms with E-state index in [1.165, 1.54) is 12.1 Å². The third kappa shape index (κ3) is 6.27. The number of esters is 1. The number of carbonyl (C=O) groups excluding carboxylic acids is 2. The molecule has 0 radical (unpaired) electrons. The second kappa shape index (κ2) is 10.4. The molecule has 8 nitrogen and oxygen atoms in total. The number of hydrogen-bond donors (Lipinski definition) is 2. The Morgan fingerprint density at radius 3 is 2.75 bits per heavy atom. The monoisotopic (exact) mass is 479 g/mol.